The molecule has 2 aliphatic rings. The Balaban J connectivity index is 1.64. The van der Waals surface area contributed by atoms with E-state index < -0.39 is 5.41 Å². The summed E-state index contributed by atoms with van der Waals surface area (Å²) in [7, 11) is 0. The summed E-state index contributed by atoms with van der Waals surface area (Å²) >= 11 is 6.44. The Morgan fingerprint density at radius 3 is 2.78 bits per heavy atom. The van der Waals surface area contributed by atoms with E-state index in [0.29, 0.717) is 23.6 Å². The van der Waals surface area contributed by atoms with E-state index in [1.54, 1.807) is 12.1 Å². The lowest BCUT2D eigenvalue weighted by Crippen LogP contribution is -2.32. The predicted molar refractivity (Wildman–Crippen MR) is 103 cm³/mol. The van der Waals surface area contributed by atoms with Crippen LogP contribution >= 0.6 is 11.6 Å². The summed E-state index contributed by atoms with van der Waals surface area (Å²) in [6, 6.07) is 7.60. The number of nitrogens with one attached hydrogen (secondary N) is 1. The Morgan fingerprint density at radius 2 is 2.00 bits per heavy atom. The van der Waals surface area contributed by atoms with Crippen molar-refractivity contribution in [3.63, 3.8) is 0 Å². The molecule has 1 fully saturated rings. The fraction of sp³-hybridized carbons (Fsp3) is 0.500. The third-order valence-electron chi connectivity index (χ3n) is 5.68. The molecule has 0 saturated heterocycles. The number of rotatable bonds is 3. The second-order valence-electron chi connectivity index (χ2n) is 7.45. The van der Waals surface area contributed by atoms with Crippen molar-refractivity contribution in [3.8, 4) is 17.5 Å². The molecule has 0 radical (unpaired) electrons. The normalized spacial score (nSPS) is 18.4. The van der Waals surface area contributed by atoms with Crippen LogP contribution in [0.3, 0.4) is 0 Å². The number of nitrogens with zero attached hydrogens (tertiary/aromatic N) is 4. The van der Waals surface area contributed by atoms with E-state index in [-0.39, 0.29) is 5.91 Å². The van der Waals surface area contributed by atoms with E-state index in [0.717, 1.165) is 55.9 Å². The maximum absolute atomic E-state index is 12.7. The number of carbonyl (C=O) groups is 1. The number of fused-ring (bicyclic) bond motifs is 1. The minimum atomic E-state index is -0.911. The molecular formula is C20H22ClN5O. The lowest BCUT2D eigenvalue weighted by atomic mass is 9.87. The molecule has 140 valence electrons. The van der Waals surface area contributed by atoms with Crippen molar-refractivity contribution in [2.45, 2.75) is 57.9 Å². The number of halogens is 1. The van der Waals surface area contributed by atoms with Crippen molar-refractivity contribution >= 4 is 23.2 Å². The first kappa shape index (κ1) is 18.0. The molecule has 0 spiro atoms. The lowest BCUT2D eigenvalue weighted by Gasteiger charge is -2.19. The Bertz CT molecular complexity index is 908. The molecular weight excluding hydrogens is 362 g/mol. The van der Waals surface area contributed by atoms with Crippen LogP contribution in [0.25, 0.3) is 11.4 Å². The first-order chi connectivity index (χ1) is 13.1. The molecule has 1 aliphatic heterocycles. The van der Waals surface area contributed by atoms with Gasteiger partial charge in [0.2, 0.25) is 5.91 Å². The van der Waals surface area contributed by atoms with Crippen molar-refractivity contribution in [3.05, 3.63) is 29.0 Å². The van der Waals surface area contributed by atoms with Crippen LogP contribution in [0.5, 0.6) is 0 Å². The lowest BCUT2D eigenvalue weighted by molar-refractivity contribution is -0.122. The predicted octanol–water partition coefficient (Wildman–Crippen LogP) is 4.35. The summed E-state index contributed by atoms with van der Waals surface area (Å²) in [4.78, 5) is 12.7. The van der Waals surface area contributed by atoms with E-state index in [1.165, 1.54) is 6.42 Å². The number of nitriles is 1. The molecule has 27 heavy (non-hydrogen) atoms. The van der Waals surface area contributed by atoms with Crippen molar-refractivity contribution < 1.29 is 4.79 Å². The van der Waals surface area contributed by atoms with Crippen LogP contribution in [0.15, 0.2) is 18.2 Å². The van der Waals surface area contributed by atoms with E-state index >= 15 is 0 Å². The molecule has 1 aromatic heterocycles. The molecule has 0 atom stereocenters. The van der Waals surface area contributed by atoms with Gasteiger partial charge in [-0.25, -0.2) is 0 Å². The topological polar surface area (TPSA) is 83.6 Å². The summed E-state index contributed by atoms with van der Waals surface area (Å²) in [5.41, 5.74) is 0.477. The molecule has 6 nitrogen and oxygen atoms in total. The molecule has 2 aromatic rings. The smallest absolute Gasteiger partial charge is 0.244 e. The van der Waals surface area contributed by atoms with Crippen LogP contribution < -0.4 is 5.32 Å². The largest absolute Gasteiger partial charge is 0.325 e. The second kappa shape index (κ2) is 7.32. The third kappa shape index (κ3) is 3.32. The van der Waals surface area contributed by atoms with Crippen molar-refractivity contribution in [1.29, 1.82) is 5.26 Å². The molecule has 0 bridgehead atoms. The maximum Gasteiger partial charge on any atom is 0.244 e. The maximum atomic E-state index is 12.7. The molecule has 1 aliphatic carbocycles. The monoisotopic (exact) mass is 383 g/mol. The van der Waals surface area contributed by atoms with Crippen molar-refractivity contribution in [2.75, 3.05) is 5.32 Å². The highest BCUT2D eigenvalue weighted by Gasteiger charge is 2.41. The Labute approximate surface area is 163 Å². The fourth-order valence-electron chi connectivity index (χ4n) is 4.08. The highest BCUT2D eigenvalue weighted by Crippen LogP contribution is 2.39. The molecule has 2 heterocycles. The van der Waals surface area contributed by atoms with Gasteiger partial charge in [0.05, 0.1) is 11.1 Å². The number of hydrogen-bond acceptors (Lipinski definition) is 4. The molecule has 1 saturated carbocycles. The van der Waals surface area contributed by atoms with Gasteiger partial charge in [0.15, 0.2) is 5.82 Å². The number of aromatic nitrogens is 3. The minimum Gasteiger partial charge on any atom is -0.325 e. The molecule has 1 amide bonds. The summed E-state index contributed by atoms with van der Waals surface area (Å²) in [6.45, 7) is 0.877. The zero-order chi connectivity index (χ0) is 18.9. The summed E-state index contributed by atoms with van der Waals surface area (Å²) in [6.07, 6.45) is 7.39. The molecule has 1 aromatic carbocycles. The van der Waals surface area contributed by atoms with Crippen molar-refractivity contribution in [1.82, 2.24) is 14.8 Å². The average Bonchev–Trinajstić information content (AvgIpc) is 3.26. The van der Waals surface area contributed by atoms with E-state index in [9.17, 15) is 10.1 Å². The first-order valence-electron chi connectivity index (χ1n) is 9.58. The minimum absolute atomic E-state index is 0.226. The molecule has 1 N–H and O–H groups in total. The van der Waals surface area contributed by atoms with Crippen LogP contribution in [-0.4, -0.2) is 20.7 Å². The van der Waals surface area contributed by atoms with Gasteiger partial charge < -0.3 is 9.88 Å². The van der Waals surface area contributed by atoms with Gasteiger partial charge in [-0.3, -0.25) is 4.79 Å². The van der Waals surface area contributed by atoms with Crippen LogP contribution in [0.2, 0.25) is 5.02 Å². The van der Waals surface area contributed by atoms with Crippen LogP contribution in [0, 0.1) is 16.7 Å². The average molecular weight is 384 g/mol. The number of aryl methyl sites for hydroxylation is 1. The fourth-order valence-corrected chi connectivity index (χ4v) is 4.28. The highest BCUT2D eigenvalue weighted by molar-refractivity contribution is 6.33. The van der Waals surface area contributed by atoms with Crippen LogP contribution in [0.1, 0.15) is 50.8 Å². The van der Waals surface area contributed by atoms with Gasteiger partial charge in [-0.15, -0.1) is 10.2 Å². The van der Waals surface area contributed by atoms with Gasteiger partial charge in [0.25, 0.3) is 0 Å². The van der Waals surface area contributed by atoms with Gasteiger partial charge >= 0.3 is 0 Å². The Hall–Kier alpha value is -2.39. The third-order valence-corrected chi connectivity index (χ3v) is 6.01. The van der Waals surface area contributed by atoms with E-state index in [2.05, 4.69) is 26.2 Å². The SMILES string of the molecule is N#CC1(C(=O)Nc2ccc(Cl)c(-c3nnc4n3CCCCC4)c2)CCCC1. The Morgan fingerprint density at radius 1 is 1.19 bits per heavy atom. The zero-order valence-corrected chi connectivity index (χ0v) is 15.9. The number of anilines is 1. The van der Waals surface area contributed by atoms with Gasteiger partial charge in [-0.2, -0.15) is 5.26 Å². The Kier molecular flexibility index (Phi) is 4.88. The number of benzene rings is 1. The van der Waals surface area contributed by atoms with Gasteiger partial charge in [0.1, 0.15) is 11.2 Å². The van der Waals surface area contributed by atoms with E-state index in [1.807, 2.05) is 6.07 Å². The van der Waals surface area contributed by atoms with E-state index in [4.69, 9.17) is 11.6 Å². The van der Waals surface area contributed by atoms with Crippen LogP contribution in [-0.2, 0) is 17.8 Å². The van der Waals surface area contributed by atoms with Gasteiger partial charge in [-0.1, -0.05) is 30.9 Å². The van der Waals surface area contributed by atoms with Crippen LogP contribution in [0.4, 0.5) is 5.69 Å². The molecule has 4 rings (SSSR count). The first-order valence-corrected chi connectivity index (χ1v) is 9.95. The standard InChI is InChI=1S/C20H22ClN5O/c21-16-8-7-14(23-19(27)20(13-22)9-3-4-10-20)12-15(16)18-25-24-17-6-2-1-5-11-26(17)18/h7-8,12H,1-6,9-11H2,(H,23,27). The highest BCUT2D eigenvalue weighted by atomic mass is 35.5. The summed E-state index contributed by atoms with van der Waals surface area (Å²) in [5.74, 6) is 1.50. The summed E-state index contributed by atoms with van der Waals surface area (Å²) in [5, 5.41) is 21.7. The zero-order valence-electron chi connectivity index (χ0n) is 15.2. The van der Waals surface area contributed by atoms with Gasteiger partial charge in [0, 0.05) is 24.2 Å². The molecule has 7 heteroatoms. The van der Waals surface area contributed by atoms with Crippen molar-refractivity contribution in [2.24, 2.45) is 5.41 Å². The van der Waals surface area contributed by atoms with Gasteiger partial charge in [-0.05, 0) is 43.9 Å². The number of amides is 1. The number of carbonyl (C=O) groups excluding carboxylic acids is 1. The second-order valence-corrected chi connectivity index (χ2v) is 7.86. The quantitative estimate of drug-likeness (QED) is 0.854. The molecule has 0 unspecified atom stereocenters. The number of hydrogen-bond donors (Lipinski definition) is 1. The summed E-state index contributed by atoms with van der Waals surface area (Å²) < 4.78 is 2.13.